The van der Waals surface area contributed by atoms with Gasteiger partial charge in [0.1, 0.15) is 21.6 Å². The van der Waals surface area contributed by atoms with Crippen LogP contribution in [0, 0.1) is 0 Å². The first kappa shape index (κ1) is 22.8. The summed E-state index contributed by atoms with van der Waals surface area (Å²) in [6.45, 7) is -0.0719. The van der Waals surface area contributed by atoms with E-state index in [2.05, 4.69) is 0 Å². The Bertz CT molecular complexity index is 1700. The molecule has 0 saturated heterocycles. The molecule has 176 valence electrons. The Morgan fingerprint density at radius 1 is 0.829 bits per heavy atom. The molecule has 0 amide bonds. The lowest BCUT2D eigenvalue weighted by Crippen LogP contribution is -2.39. The number of fused-ring (bicyclic) bond motifs is 3. The highest BCUT2D eigenvalue weighted by atomic mass is 32.2. The van der Waals surface area contributed by atoms with Crippen LogP contribution in [-0.2, 0) is 16.7 Å². The third-order valence-corrected chi connectivity index (χ3v) is 6.59. The summed E-state index contributed by atoms with van der Waals surface area (Å²) in [5.41, 5.74) is 1.52. The minimum Gasteiger partial charge on any atom is -0.748 e. The lowest BCUT2D eigenvalue weighted by Gasteiger charge is -2.14. The zero-order valence-corrected chi connectivity index (χ0v) is 19.6. The topological polar surface area (TPSA) is 96.6 Å². The van der Waals surface area contributed by atoms with Crippen molar-refractivity contribution in [3.63, 3.8) is 0 Å². The number of hydrogen-bond donors (Lipinski definition) is 0. The molecular formula is C27H21NO6S. The smallest absolute Gasteiger partial charge is 0.345 e. The SMILES string of the molecule is COc1ccc2c(c1)c(C(=O)Oc1ccccc1)c1cc3ccccc3cc1[n+]2CCS(=O)(=O)[O-]. The molecule has 0 spiro atoms. The molecule has 0 aliphatic carbocycles. The molecule has 0 bridgehead atoms. The summed E-state index contributed by atoms with van der Waals surface area (Å²) in [4.78, 5) is 13.6. The van der Waals surface area contributed by atoms with Gasteiger partial charge in [0, 0.05) is 12.1 Å². The lowest BCUT2D eigenvalue weighted by molar-refractivity contribution is -0.640. The first-order valence-electron chi connectivity index (χ1n) is 10.9. The molecule has 8 heteroatoms. The number of aromatic nitrogens is 1. The highest BCUT2D eigenvalue weighted by Gasteiger charge is 2.27. The first-order chi connectivity index (χ1) is 16.8. The third kappa shape index (κ3) is 4.53. The van der Waals surface area contributed by atoms with E-state index in [9.17, 15) is 17.8 Å². The van der Waals surface area contributed by atoms with E-state index in [1.807, 2.05) is 42.5 Å². The fraction of sp³-hybridized carbons (Fsp3) is 0.111. The number of hydrogen-bond acceptors (Lipinski definition) is 6. The summed E-state index contributed by atoms with van der Waals surface area (Å²) in [7, 11) is -2.95. The monoisotopic (exact) mass is 487 g/mol. The van der Waals surface area contributed by atoms with Gasteiger partial charge < -0.3 is 14.0 Å². The van der Waals surface area contributed by atoms with Crippen LogP contribution in [0.4, 0.5) is 0 Å². The highest BCUT2D eigenvalue weighted by molar-refractivity contribution is 7.85. The van der Waals surface area contributed by atoms with Gasteiger partial charge in [-0.1, -0.05) is 42.5 Å². The van der Waals surface area contributed by atoms with Gasteiger partial charge in [-0.3, -0.25) is 0 Å². The summed E-state index contributed by atoms with van der Waals surface area (Å²) < 4.78 is 47.4. The van der Waals surface area contributed by atoms with Crippen molar-refractivity contribution in [3.8, 4) is 11.5 Å². The molecule has 0 aliphatic rings. The van der Waals surface area contributed by atoms with Crippen molar-refractivity contribution in [2.75, 3.05) is 12.9 Å². The fourth-order valence-corrected chi connectivity index (χ4v) is 4.72. The van der Waals surface area contributed by atoms with Gasteiger partial charge in [0.15, 0.2) is 6.54 Å². The summed E-state index contributed by atoms with van der Waals surface area (Å²) in [6, 6.07) is 25.4. The molecule has 0 unspecified atom stereocenters. The molecule has 7 nitrogen and oxygen atoms in total. The van der Waals surface area contributed by atoms with Gasteiger partial charge in [-0.2, -0.15) is 4.57 Å². The van der Waals surface area contributed by atoms with E-state index >= 15 is 0 Å². The van der Waals surface area contributed by atoms with Gasteiger partial charge in [-0.25, -0.2) is 13.2 Å². The molecule has 0 N–H and O–H groups in total. The van der Waals surface area contributed by atoms with Crippen LogP contribution in [-0.4, -0.2) is 31.8 Å². The second-order valence-corrected chi connectivity index (χ2v) is 9.61. The Hall–Kier alpha value is -4.01. The number of aryl methyl sites for hydroxylation is 1. The van der Waals surface area contributed by atoms with Gasteiger partial charge in [-0.15, -0.1) is 0 Å². The van der Waals surface area contributed by atoms with E-state index in [0.717, 1.165) is 10.8 Å². The highest BCUT2D eigenvalue weighted by Crippen LogP contribution is 2.32. The Morgan fingerprint density at radius 2 is 1.49 bits per heavy atom. The van der Waals surface area contributed by atoms with E-state index in [4.69, 9.17) is 9.47 Å². The van der Waals surface area contributed by atoms with Crippen LogP contribution in [0.15, 0.2) is 84.9 Å². The number of para-hydroxylation sites is 1. The molecule has 0 fully saturated rings. The first-order valence-corrected chi connectivity index (χ1v) is 12.5. The molecule has 1 aromatic heterocycles. The maximum atomic E-state index is 13.6. The number of ether oxygens (including phenoxy) is 2. The van der Waals surface area contributed by atoms with Crippen LogP contribution in [0.25, 0.3) is 32.6 Å². The largest absolute Gasteiger partial charge is 0.748 e. The van der Waals surface area contributed by atoms with Crippen molar-refractivity contribution >= 4 is 48.7 Å². The van der Waals surface area contributed by atoms with Crippen molar-refractivity contribution < 1.29 is 31.8 Å². The molecular weight excluding hydrogens is 466 g/mol. The second-order valence-electron chi connectivity index (χ2n) is 8.09. The minimum absolute atomic E-state index is 0.0719. The maximum absolute atomic E-state index is 13.6. The summed E-state index contributed by atoms with van der Waals surface area (Å²) >= 11 is 0. The summed E-state index contributed by atoms with van der Waals surface area (Å²) in [5, 5.41) is 2.91. The van der Waals surface area contributed by atoms with Gasteiger partial charge in [0.05, 0.1) is 29.2 Å². The van der Waals surface area contributed by atoms with Crippen LogP contribution < -0.4 is 14.0 Å². The molecule has 0 radical (unpaired) electrons. The number of carbonyl (C=O) groups excluding carboxylic acids is 1. The molecule has 35 heavy (non-hydrogen) atoms. The Kier molecular flexibility index (Phi) is 5.84. The van der Waals surface area contributed by atoms with E-state index in [1.165, 1.54) is 7.11 Å². The average Bonchev–Trinajstić information content (AvgIpc) is 2.85. The molecule has 5 rings (SSSR count). The fourth-order valence-electron chi connectivity index (χ4n) is 4.31. The predicted molar refractivity (Wildman–Crippen MR) is 132 cm³/mol. The Morgan fingerprint density at radius 3 is 2.17 bits per heavy atom. The van der Waals surface area contributed by atoms with Crippen molar-refractivity contribution in [2.45, 2.75) is 6.54 Å². The standard InChI is InChI=1S/C27H21NO6S/c1-33-21-11-12-24-23(17-21)26(27(29)34-20-9-3-2-4-10-20)22-15-18-7-5-6-8-19(18)16-25(22)28(24)13-14-35(30,31)32/h2-12,15-17H,13-14H2,1H3. The Balaban J connectivity index is 1.86. The predicted octanol–water partition coefficient (Wildman–Crippen LogP) is 4.21. The number of carbonyl (C=O) groups is 1. The third-order valence-electron chi connectivity index (χ3n) is 5.91. The van der Waals surface area contributed by atoms with Crippen molar-refractivity contribution in [2.24, 2.45) is 0 Å². The van der Waals surface area contributed by atoms with Crippen LogP contribution in [0.1, 0.15) is 10.4 Å². The number of esters is 1. The number of benzene rings is 4. The Labute approximate surface area is 201 Å². The molecule has 0 atom stereocenters. The van der Waals surface area contributed by atoms with E-state index in [-0.39, 0.29) is 6.54 Å². The maximum Gasteiger partial charge on any atom is 0.345 e. The number of pyridine rings is 1. The van der Waals surface area contributed by atoms with Crippen LogP contribution >= 0.6 is 0 Å². The average molecular weight is 488 g/mol. The van der Waals surface area contributed by atoms with Crippen molar-refractivity contribution in [1.29, 1.82) is 0 Å². The molecule has 4 aromatic carbocycles. The zero-order valence-electron chi connectivity index (χ0n) is 18.8. The normalized spacial score (nSPS) is 11.7. The van der Waals surface area contributed by atoms with Crippen molar-refractivity contribution in [1.82, 2.24) is 0 Å². The second kappa shape index (κ2) is 8.98. The summed E-state index contributed by atoms with van der Waals surface area (Å²) in [6.07, 6.45) is 0. The van der Waals surface area contributed by atoms with Gasteiger partial charge >= 0.3 is 5.97 Å². The van der Waals surface area contributed by atoms with Gasteiger partial charge in [0.2, 0.25) is 11.0 Å². The molecule has 5 aromatic rings. The summed E-state index contributed by atoms with van der Waals surface area (Å²) in [5.74, 6) is -0.224. The van der Waals surface area contributed by atoms with Crippen LogP contribution in [0.5, 0.6) is 11.5 Å². The van der Waals surface area contributed by atoms with Crippen LogP contribution in [0.3, 0.4) is 0 Å². The van der Waals surface area contributed by atoms with Gasteiger partial charge in [-0.05, 0) is 41.1 Å². The van der Waals surface area contributed by atoms with E-state index in [0.29, 0.717) is 38.9 Å². The minimum atomic E-state index is -4.47. The van der Waals surface area contributed by atoms with Gasteiger partial charge in [0.25, 0.3) is 0 Å². The number of methoxy groups -OCH3 is 1. The van der Waals surface area contributed by atoms with E-state index in [1.54, 1.807) is 47.0 Å². The zero-order chi connectivity index (χ0) is 24.6. The number of rotatable bonds is 6. The quantitative estimate of drug-likeness (QED) is 0.117. The van der Waals surface area contributed by atoms with E-state index < -0.39 is 21.8 Å². The molecule has 0 saturated carbocycles. The molecule has 1 heterocycles. The molecule has 0 aliphatic heterocycles. The lowest BCUT2D eigenvalue weighted by atomic mass is 9.98. The van der Waals surface area contributed by atoms with Crippen molar-refractivity contribution in [3.05, 3.63) is 90.5 Å². The van der Waals surface area contributed by atoms with Crippen LogP contribution in [0.2, 0.25) is 0 Å². The number of nitrogens with zero attached hydrogens (tertiary/aromatic N) is 1.